The number of nitrogens with one attached hydrogen (secondary N) is 1. The molecule has 2 aromatic heterocycles. The molecule has 0 atom stereocenters. The molecule has 3 N–H and O–H groups in total. The average molecular weight is 225 g/mol. The molecule has 0 fully saturated rings. The van der Waals surface area contributed by atoms with Gasteiger partial charge in [0.25, 0.3) is 0 Å². The quantitative estimate of drug-likeness (QED) is 0.692. The van der Waals surface area contributed by atoms with Gasteiger partial charge in [-0.05, 0) is 18.2 Å². The molecule has 0 aliphatic carbocycles. The first-order valence-electron chi connectivity index (χ1n) is 5.31. The summed E-state index contributed by atoms with van der Waals surface area (Å²) >= 11 is 0. The lowest BCUT2D eigenvalue weighted by molar-refractivity contribution is 0.966. The lowest BCUT2D eigenvalue weighted by Crippen LogP contribution is -2.00. The largest absolute Gasteiger partial charge is 0.345 e. The van der Waals surface area contributed by atoms with E-state index in [2.05, 4.69) is 19.9 Å². The summed E-state index contributed by atoms with van der Waals surface area (Å²) in [6, 6.07) is 7.87. The highest BCUT2D eigenvalue weighted by atomic mass is 14.9. The second-order valence-electron chi connectivity index (χ2n) is 3.73. The van der Waals surface area contributed by atoms with Crippen LogP contribution in [0, 0.1) is 0 Å². The molecule has 3 rings (SSSR count). The number of hydrogen-bond acceptors (Lipinski definition) is 4. The van der Waals surface area contributed by atoms with E-state index in [9.17, 15) is 0 Å². The average Bonchev–Trinajstić information content (AvgIpc) is 2.86. The molecular formula is C12H11N5. The van der Waals surface area contributed by atoms with Crippen molar-refractivity contribution < 1.29 is 0 Å². The van der Waals surface area contributed by atoms with Crippen molar-refractivity contribution in [2.24, 2.45) is 5.73 Å². The molecule has 84 valence electrons. The summed E-state index contributed by atoms with van der Waals surface area (Å²) in [7, 11) is 0. The van der Waals surface area contributed by atoms with E-state index in [0.717, 1.165) is 28.0 Å². The minimum atomic E-state index is 0.418. The normalized spacial score (nSPS) is 10.9. The van der Waals surface area contributed by atoms with Crippen LogP contribution in [-0.4, -0.2) is 19.9 Å². The number of benzene rings is 1. The molecule has 5 heteroatoms. The van der Waals surface area contributed by atoms with Crippen LogP contribution in [0.2, 0.25) is 0 Å². The van der Waals surface area contributed by atoms with Crippen molar-refractivity contribution in [1.82, 2.24) is 19.9 Å². The van der Waals surface area contributed by atoms with Crippen molar-refractivity contribution in [2.45, 2.75) is 6.54 Å². The van der Waals surface area contributed by atoms with Gasteiger partial charge in [-0.3, -0.25) is 0 Å². The smallest absolute Gasteiger partial charge is 0.116 e. The van der Waals surface area contributed by atoms with E-state index in [4.69, 9.17) is 5.73 Å². The fourth-order valence-corrected chi connectivity index (χ4v) is 1.76. The van der Waals surface area contributed by atoms with Gasteiger partial charge in [0.1, 0.15) is 6.33 Å². The molecule has 0 aliphatic rings. The van der Waals surface area contributed by atoms with Gasteiger partial charge in [-0.1, -0.05) is 6.07 Å². The Kier molecular flexibility index (Phi) is 2.31. The Morgan fingerprint density at radius 3 is 2.94 bits per heavy atom. The Morgan fingerprint density at radius 2 is 2.06 bits per heavy atom. The highest BCUT2D eigenvalue weighted by Gasteiger charge is 2.03. The maximum Gasteiger partial charge on any atom is 0.116 e. The fraction of sp³-hybridized carbons (Fsp3) is 0.0833. The zero-order valence-corrected chi connectivity index (χ0v) is 9.09. The van der Waals surface area contributed by atoms with E-state index in [1.807, 2.05) is 24.3 Å². The van der Waals surface area contributed by atoms with Crippen molar-refractivity contribution in [2.75, 3.05) is 0 Å². The third-order valence-corrected chi connectivity index (χ3v) is 2.65. The third-order valence-electron chi connectivity index (χ3n) is 2.65. The van der Waals surface area contributed by atoms with Crippen LogP contribution in [0.4, 0.5) is 0 Å². The number of nitrogens with two attached hydrogens (primary N) is 1. The van der Waals surface area contributed by atoms with E-state index in [-0.39, 0.29) is 0 Å². The Hall–Kier alpha value is -2.27. The summed E-state index contributed by atoms with van der Waals surface area (Å²) in [6.45, 7) is 0.418. The Balaban J connectivity index is 2.12. The molecule has 0 spiro atoms. The van der Waals surface area contributed by atoms with Gasteiger partial charge in [0, 0.05) is 12.1 Å². The maximum atomic E-state index is 5.56. The highest BCUT2D eigenvalue weighted by Crippen LogP contribution is 2.20. The van der Waals surface area contributed by atoms with Crippen molar-refractivity contribution in [1.29, 1.82) is 0 Å². The molecular weight excluding hydrogens is 214 g/mol. The minimum absolute atomic E-state index is 0.418. The molecule has 0 saturated heterocycles. The standard InChI is InChI=1S/C12H11N5/c13-5-9-4-11(16-6-14-9)8-1-2-10-12(3-8)17-7-15-10/h1-4,6-7H,5,13H2,(H,15,17). The van der Waals surface area contributed by atoms with Crippen LogP contribution >= 0.6 is 0 Å². The topological polar surface area (TPSA) is 80.5 Å². The van der Waals surface area contributed by atoms with Crippen LogP contribution in [0.1, 0.15) is 5.69 Å². The van der Waals surface area contributed by atoms with Crippen LogP contribution < -0.4 is 5.73 Å². The van der Waals surface area contributed by atoms with Crippen LogP contribution in [0.15, 0.2) is 36.9 Å². The van der Waals surface area contributed by atoms with Gasteiger partial charge in [0.2, 0.25) is 0 Å². The monoisotopic (exact) mass is 225 g/mol. The summed E-state index contributed by atoms with van der Waals surface area (Å²) in [5.74, 6) is 0. The molecule has 3 aromatic rings. The summed E-state index contributed by atoms with van der Waals surface area (Å²) in [5, 5.41) is 0. The van der Waals surface area contributed by atoms with Crippen molar-refractivity contribution in [3.8, 4) is 11.3 Å². The summed E-state index contributed by atoms with van der Waals surface area (Å²) < 4.78 is 0. The first-order valence-corrected chi connectivity index (χ1v) is 5.31. The van der Waals surface area contributed by atoms with Crippen LogP contribution in [0.25, 0.3) is 22.3 Å². The zero-order valence-electron chi connectivity index (χ0n) is 9.09. The van der Waals surface area contributed by atoms with E-state index in [1.54, 1.807) is 6.33 Å². The number of hydrogen-bond donors (Lipinski definition) is 2. The predicted molar refractivity (Wildman–Crippen MR) is 65.0 cm³/mol. The summed E-state index contributed by atoms with van der Waals surface area (Å²) in [6.07, 6.45) is 3.22. The molecule has 17 heavy (non-hydrogen) atoms. The zero-order chi connectivity index (χ0) is 11.7. The Labute approximate surface area is 97.7 Å². The molecule has 0 radical (unpaired) electrons. The van der Waals surface area contributed by atoms with Crippen molar-refractivity contribution in [3.63, 3.8) is 0 Å². The van der Waals surface area contributed by atoms with Crippen molar-refractivity contribution in [3.05, 3.63) is 42.6 Å². The van der Waals surface area contributed by atoms with Gasteiger partial charge >= 0.3 is 0 Å². The molecule has 1 aromatic carbocycles. The van der Waals surface area contributed by atoms with Crippen molar-refractivity contribution >= 4 is 11.0 Å². The molecule has 0 aliphatic heterocycles. The molecule has 0 unspecified atom stereocenters. The minimum Gasteiger partial charge on any atom is -0.345 e. The summed E-state index contributed by atoms with van der Waals surface area (Å²) in [5.41, 5.74) is 10.2. The fourth-order valence-electron chi connectivity index (χ4n) is 1.76. The van der Waals surface area contributed by atoms with Gasteiger partial charge < -0.3 is 10.7 Å². The van der Waals surface area contributed by atoms with Gasteiger partial charge in [-0.15, -0.1) is 0 Å². The van der Waals surface area contributed by atoms with E-state index in [1.165, 1.54) is 6.33 Å². The number of aromatic nitrogens is 4. The predicted octanol–water partition coefficient (Wildman–Crippen LogP) is 1.48. The molecule has 5 nitrogen and oxygen atoms in total. The van der Waals surface area contributed by atoms with E-state index in [0.29, 0.717) is 6.54 Å². The lowest BCUT2D eigenvalue weighted by Gasteiger charge is -2.02. The van der Waals surface area contributed by atoms with Crippen LogP contribution in [0.5, 0.6) is 0 Å². The lowest BCUT2D eigenvalue weighted by atomic mass is 10.1. The molecule has 0 amide bonds. The van der Waals surface area contributed by atoms with Gasteiger partial charge in [-0.2, -0.15) is 0 Å². The number of nitrogens with zero attached hydrogens (tertiary/aromatic N) is 3. The number of imidazole rings is 1. The number of fused-ring (bicyclic) bond motifs is 1. The second kappa shape index (κ2) is 3.95. The van der Waals surface area contributed by atoms with Gasteiger partial charge in [0.05, 0.1) is 28.7 Å². The SMILES string of the molecule is NCc1cc(-c2ccc3nc[nH]c3c2)ncn1. The first-order chi connectivity index (χ1) is 8.36. The van der Waals surface area contributed by atoms with Gasteiger partial charge in [0.15, 0.2) is 0 Å². The Bertz CT molecular complexity index is 659. The number of H-pyrrole nitrogens is 1. The Morgan fingerprint density at radius 1 is 1.12 bits per heavy atom. The molecule has 0 bridgehead atoms. The van der Waals surface area contributed by atoms with E-state index >= 15 is 0 Å². The molecule has 2 heterocycles. The first kappa shape index (κ1) is 9.92. The molecule has 0 saturated carbocycles. The van der Waals surface area contributed by atoms with Gasteiger partial charge in [-0.25, -0.2) is 15.0 Å². The number of rotatable bonds is 2. The maximum absolute atomic E-state index is 5.56. The summed E-state index contributed by atoms with van der Waals surface area (Å²) in [4.78, 5) is 15.6. The van der Waals surface area contributed by atoms with E-state index < -0.39 is 0 Å². The van der Waals surface area contributed by atoms with Crippen LogP contribution in [-0.2, 0) is 6.54 Å². The second-order valence-corrected chi connectivity index (χ2v) is 3.73. The third kappa shape index (κ3) is 1.76. The van der Waals surface area contributed by atoms with Crippen LogP contribution in [0.3, 0.4) is 0 Å². The number of aromatic amines is 1. The highest BCUT2D eigenvalue weighted by molar-refractivity contribution is 5.80.